The van der Waals surface area contributed by atoms with Gasteiger partial charge in [-0.3, -0.25) is 15.2 Å². The van der Waals surface area contributed by atoms with Crippen LogP contribution in [0.3, 0.4) is 0 Å². The molecule has 0 aliphatic rings. The Balaban J connectivity index is 2.63. The Hall–Kier alpha value is -1.85. The molecule has 0 radical (unpaired) electrons. The molecule has 1 aromatic rings. The SMILES string of the molecule is CC(C)(C)OC(=O)Nc1n[nH]cc1C=O. The molecular weight excluding hydrogens is 198 g/mol. The summed E-state index contributed by atoms with van der Waals surface area (Å²) in [5.41, 5.74) is -0.303. The topological polar surface area (TPSA) is 84.1 Å². The standard InChI is InChI=1S/C9H13N3O3/c1-9(2,3)15-8(14)11-7-6(5-13)4-10-12-7/h4-5H,1-3H3,(H2,10,11,12,14). The van der Waals surface area contributed by atoms with E-state index < -0.39 is 11.7 Å². The number of H-pyrrole nitrogens is 1. The van der Waals surface area contributed by atoms with Crippen LogP contribution in [0.2, 0.25) is 0 Å². The van der Waals surface area contributed by atoms with Crippen molar-refractivity contribution >= 4 is 18.2 Å². The minimum Gasteiger partial charge on any atom is -0.444 e. The summed E-state index contributed by atoms with van der Waals surface area (Å²) in [6.07, 6.45) is 1.34. The number of nitrogens with zero attached hydrogens (tertiary/aromatic N) is 1. The zero-order valence-corrected chi connectivity index (χ0v) is 8.83. The molecule has 0 aliphatic heterocycles. The normalized spacial score (nSPS) is 10.9. The number of carbonyl (C=O) groups excluding carboxylic acids is 2. The minimum absolute atomic E-state index is 0.166. The first-order valence-corrected chi connectivity index (χ1v) is 4.41. The van der Waals surface area contributed by atoms with E-state index >= 15 is 0 Å². The second-order valence-corrected chi connectivity index (χ2v) is 3.93. The van der Waals surface area contributed by atoms with Gasteiger partial charge in [0.1, 0.15) is 5.60 Å². The van der Waals surface area contributed by atoms with Crippen LogP contribution in [0.4, 0.5) is 10.6 Å². The smallest absolute Gasteiger partial charge is 0.413 e. The Morgan fingerprint density at radius 3 is 2.80 bits per heavy atom. The first-order valence-electron chi connectivity index (χ1n) is 4.41. The third-order valence-corrected chi connectivity index (χ3v) is 1.42. The van der Waals surface area contributed by atoms with Crippen LogP contribution in [0.1, 0.15) is 31.1 Å². The van der Waals surface area contributed by atoms with Crippen molar-refractivity contribution in [2.24, 2.45) is 0 Å². The number of ether oxygens (including phenoxy) is 1. The lowest BCUT2D eigenvalue weighted by molar-refractivity contribution is 0.0635. The van der Waals surface area contributed by atoms with Crippen molar-refractivity contribution in [3.63, 3.8) is 0 Å². The molecule has 1 amide bonds. The van der Waals surface area contributed by atoms with Crippen LogP contribution in [0, 0.1) is 0 Å². The van der Waals surface area contributed by atoms with Crippen molar-refractivity contribution < 1.29 is 14.3 Å². The highest BCUT2D eigenvalue weighted by atomic mass is 16.6. The van der Waals surface area contributed by atoms with Crippen LogP contribution < -0.4 is 5.32 Å². The lowest BCUT2D eigenvalue weighted by Gasteiger charge is -2.19. The molecule has 0 aromatic carbocycles. The van der Waals surface area contributed by atoms with Gasteiger partial charge < -0.3 is 4.74 Å². The van der Waals surface area contributed by atoms with E-state index in [0.29, 0.717) is 6.29 Å². The van der Waals surface area contributed by atoms with Crippen molar-refractivity contribution in [1.82, 2.24) is 10.2 Å². The predicted octanol–water partition coefficient (Wildman–Crippen LogP) is 1.57. The van der Waals surface area contributed by atoms with Crippen molar-refractivity contribution in [2.45, 2.75) is 26.4 Å². The van der Waals surface area contributed by atoms with Gasteiger partial charge in [-0.2, -0.15) is 5.10 Å². The molecule has 0 saturated heterocycles. The van der Waals surface area contributed by atoms with E-state index in [4.69, 9.17) is 4.74 Å². The van der Waals surface area contributed by atoms with Crippen LogP contribution in [-0.2, 0) is 4.74 Å². The number of anilines is 1. The van der Waals surface area contributed by atoms with Gasteiger partial charge in [-0.05, 0) is 20.8 Å². The monoisotopic (exact) mass is 211 g/mol. The van der Waals surface area contributed by atoms with Crippen LogP contribution in [0.15, 0.2) is 6.20 Å². The molecule has 6 nitrogen and oxygen atoms in total. The van der Waals surface area contributed by atoms with E-state index in [0.717, 1.165) is 0 Å². The van der Waals surface area contributed by atoms with Gasteiger partial charge in [0.05, 0.1) is 5.56 Å². The second-order valence-electron chi connectivity index (χ2n) is 3.93. The predicted molar refractivity (Wildman–Crippen MR) is 53.8 cm³/mol. The summed E-state index contributed by atoms with van der Waals surface area (Å²) >= 11 is 0. The minimum atomic E-state index is -0.641. The average Bonchev–Trinajstić information content (AvgIpc) is 2.48. The summed E-state index contributed by atoms with van der Waals surface area (Å²) in [7, 11) is 0. The quantitative estimate of drug-likeness (QED) is 0.727. The molecule has 0 fully saturated rings. The Morgan fingerprint density at radius 2 is 2.27 bits per heavy atom. The Bertz CT molecular complexity index is 365. The number of aromatic nitrogens is 2. The zero-order valence-electron chi connectivity index (χ0n) is 8.83. The second kappa shape index (κ2) is 4.12. The van der Waals surface area contributed by atoms with Crippen molar-refractivity contribution in [3.8, 4) is 0 Å². The first-order chi connectivity index (χ1) is 6.92. The van der Waals surface area contributed by atoms with Gasteiger partial charge in [0, 0.05) is 6.20 Å². The van der Waals surface area contributed by atoms with Crippen LogP contribution in [0.25, 0.3) is 0 Å². The van der Waals surface area contributed by atoms with E-state index in [1.165, 1.54) is 6.20 Å². The first kappa shape index (κ1) is 11.2. The molecule has 15 heavy (non-hydrogen) atoms. The van der Waals surface area contributed by atoms with Gasteiger partial charge in [0.25, 0.3) is 0 Å². The van der Waals surface area contributed by atoms with Gasteiger partial charge in [-0.15, -0.1) is 0 Å². The van der Waals surface area contributed by atoms with Crippen molar-refractivity contribution in [3.05, 3.63) is 11.8 Å². The third-order valence-electron chi connectivity index (χ3n) is 1.42. The van der Waals surface area contributed by atoms with Gasteiger partial charge >= 0.3 is 6.09 Å². The van der Waals surface area contributed by atoms with Crippen LogP contribution >= 0.6 is 0 Å². The molecule has 6 heteroatoms. The average molecular weight is 211 g/mol. The number of amides is 1. The third kappa shape index (κ3) is 3.41. The van der Waals surface area contributed by atoms with E-state index in [1.54, 1.807) is 20.8 Å². The number of aldehydes is 1. The fourth-order valence-electron chi connectivity index (χ4n) is 0.890. The van der Waals surface area contributed by atoms with Crippen molar-refractivity contribution in [1.29, 1.82) is 0 Å². The summed E-state index contributed by atoms with van der Waals surface area (Å²) in [5.74, 6) is 0.166. The number of nitrogens with one attached hydrogen (secondary N) is 2. The number of rotatable bonds is 2. The van der Waals surface area contributed by atoms with Crippen molar-refractivity contribution in [2.75, 3.05) is 5.32 Å². The molecule has 0 unspecified atom stereocenters. The lowest BCUT2D eigenvalue weighted by atomic mass is 10.2. The largest absolute Gasteiger partial charge is 0.444 e. The van der Waals surface area contributed by atoms with Crippen LogP contribution in [0.5, 0.6) is 0 Å². The highest BCUT2D eigenvalue weighted by molar-refractivity contribution is 5.91. The maximum Gasteiger partial charge on any atom is 0.413 e. The highest BCUT2D eigenvalue weighted by Gasteiger charge is 2.17. The Kier molecular flexibility index (Phi) is 3.08. The lowest BCUT2D eigenvalue weighted by Crippen LogP contribution is -2.27. The molecule has 82 valence electrons. The number of hydrogen-bond donors (Lipinski definition) is 2. The summed E-state index contributed by atoms with van der Waals surface area (Å²) in [6, 6.07) is 0. The molecule has 1 aromatic heterocycles. The summed E-state index contributed by atoms with van der Waals surface area (Å²) in [6.45, 7) is 5.24. The molecule has 1 heterocycles. The summed E-state index contributed by atoms with van der Waals surface area (Å²) in [5, 5.41) is 8.52. The Labute approximate surface area is 87.0 Å². The summed E-state index contributed by atoms with van der Waals surface area (Å²) < 4.78 is 4.99. The van der Waals surface area contributed by atoms with E-state index in [9.17, 15) is 9.59 Å². The fraction of sp³-hybridized carbons (Fsp3) is 0.444. The van der Waals surface area contributed by atoms with E-state index in [-0.39, 0.29) is 11.4 Å². The molecule has 0 bridgehead atoms. The highest BCUT2D eigenvalue weighted by Crippen LogP contribution is 2.11. The van der Waals surface area contributed by atoms with E-state index in [1.807, 2.05) is 0 Å². The maximum atomic E-state index is 11.3. The number of aromatic amines is 1. The number of carbonyl (C=O) groups is 2. The maximum absolute atomic E-state index is 11.3. The molecule has 0 aliphatic carbocycles. The number of hydrogen-bond acceptors (Lipinski definition) is 4. The Morgan fingerprint density at radius 1 is 1.60 bits per heavy atom. The molecule has 0 atom stereocenters. The molecule has 2 N–H and O–H groups in total. The summed E-state index contributed by atoms with van der Waals surface area (Å²) in [4.78, 5) is 21.8. The molecular formula is C9H13N3O3. The molecule has 0 saturated carbocycles. The van der Waals surface area contributed by atoms with E-state index in [2.05, 4.69) is 15.5 Å². The van der Waals surface area contributed by atoms with Crippen LogP contribution in [-0.4, -0.2) is 28.2 Å². The van der Waals surface area contributed by atoms with Gasteiger partial charge in [-0.1, -0.05) is 0 Å². The zero-order chi connectivity index (χ0) is 11.5. The van der Waals surface area contributed by atoms with Gasteiger partial charge in [0.15, 0.2) is 12.1 Å². The van der Waals surface area contributed by atoms with Gasteiger partial charge in [0.2, 0.25) is 0 Å². The fourth-order valence-corrected chi connectivity index (χ4v) is 0.890. The van der Waals surface area contributed by atoms with Gasteiger partial charge in [-0.25, -0.2) is 4.79 Å². The molecule has 1 rings (SSSR count). The molecule has 0 spiro atoms.